The summed E-state index contributed by atoms with van der Waals surface area (Å²) in [5.74, 6) is -3.71. The summed E-state index contributed by atoms with van der Waals surface area (Å²) in [5.41, 5.74) is 0. The minimum absolute atomic E-state index is 0.0210. The lowest BCUT2D eigenvalue weighted by Gasteiger charge is -2.34. The van der Waals surface area contributed by atoms with E-state index in [9.17, 15) is 28.8 Å². The Kier molecular flexibility index (Phi) is 14.3. The Hall–Kier alpha value is -2.98. The lowest BCUT2D eigenvalue weighted by Crippen LogP contribution is -2.53. The molecule has 11 heteroatoms. The molecule has 182 valence electrons. The molecular weight excluding hydrogens is 428 g/mol. The Balaban J connectivity index is 6.32. The second kappa shape index (κ2) is 15.8. The Bertz CT molecular complexity index is 658. The highest BCUT2D eigenvalue weighted by atomic mass is 16.6. The second-order valence-electron chi connectivity index (χ2n) is 6.48. The van der Waals surface area contributed by atoms with E-state index in [1.54, 1.807) is 6.92 Å². The second-order valence-corrected chi connectivity index (χ2v) is 6.48. The van der Waals surface area contributed by atoms with Crippen molar-refractivity contribution >= 4 is 36.1 Å². The predicted molar refractivity (Wildman–Crippen MR) is 108 cm³/mol. The molecule has 4 atom stereocenters. The molecule has 0 aromatic heterocycles. The van der Waals surface area contributed by atoms with Gasteiger partial charge in [-0.05, 0) is 0 Å². The number of ether oxygens (including phenoxy) is 5. The van der Waals surface area contributed by atoms with Crippen molar-refractivity contribution in [3.8, 4) is 0 Å². The van der Waals surface area contributed by atoms with Gasteiger partial charge in [-0.25, -0.2) is 0 Å². The number of hydrogen-bond acceptors (Lipinski definition) is 11. The van der Waals surface area contributed by atoms with Crippen molar-refractivity contribution in [3.05, 3.63) is 0 Å². The van der Waals surface area contributed by atoms with Crippen LogP contribution in [0, 0.1) is 0 Å². The molecular formula is C21H32O11. The van der Waals surface area contributed by atoms with E-state index in [-0.39, 0.29) is 38.4 Å². The van der Waals surface area contributed by atoms with E-state index in [1.807, 2.05) is 0 Å². The third-order valence-corrected chi connectivity index (χ3v) is 4.09. The zero-order valence-corrected chi connectivity index (χ0v) is 19.1. The van der Waals surface area contributed by atoms with Gasteiger partial charge < -0.3 is 23.7 Å². The van der Waals surface area contributed by atoms with Crippen molar-refractivity contribution < 1.29 is 52.5 Å². The minimum Gasteiger partial charge on any atom is -0.462 e. The van der Waals surface area contributed by atoms with Crippen LogP contribution in [0.5, 0.6) is 0 Å². The van der Waals surface area contributed by atoms with Crippen LogP contribution in [-0.2, 0) is 52.5 Å². The summed E-state index contributed by atoms with van der Waals surface area (Å²) in [7, 11) is 0. The van der Waals surface area contributed by atoms with Gasteiger partial charge in [0, 0.05) is 32.1 Å². The van der Waals surface area contributed by atoms with Gasteiger partial charge in [-0.3, -0.25) is 28.8 Å². The molecule has 0 aliphatic carbocycles. The summed E-state index contributed by atoms with van der Waals surface area (Å²) in [5, 5.41) is 0. The van der Waals surface area contributed by atoms with Gasteiger partial charge in [0.15, 0.2) is 30.7 Å². The number of esters is 5. The first-order valence-electron chi connectivity index (χ1n) is 10.6. The van der Waals surface area contributed by atoms with Crippen molar-refractivity contribution in [2.24, 2.45) is 0 Å². The molecule has 0 saturated carbocycles. The normalized spacial score (nSPS) is 14.2. The highest BCUT2D eigenvalue weighted by Crippen LogP contribution is 2.21. The van der Waals surface area contributed by atoms with Gasteiger partial charge in [0.2, 0.25) is 0 Å². The van der Waals surface area contributed by atoms with Crippen molar-refractivity contribution in [2.75, 3.05) is 6.61 Å². The monoisotopic (exact) mass is 460 g/mol. The Labute approximate surface area is 187 Å². The average Bonchev–Trinajstić information content (AvgIpc) is 2.81. The van der Waals surface area contributed by atoms with Gasteiger partial charge in [0.25, 0.3) is 0 Å². The predicted octanol–water partition coefficient (Wildman–Crippen LogP) is 1.43. The third-order valence-electron chi connectivity index (χ3n) is 4.09. The molecule has 0 unspecified atom stereocenters. The van der Waals surface area contributed by atoms with Gasteiger partial charge in [-0.2, -0.15) is 0 Å². The van der Waals surface area contributed by atoms with E-state index in [4.69, 9.17) is 23.7 Å². The lowest BCUT2D eigenvalue weighted by atomic mass is 10.0. The van der Waals surface area contributed by atoms with Crippen LogP contribution >= 0.6 is 0 Å². The topological polar surface area (TPSA) is 149 Å². The molecule has 11 nitrogen and oxygen atoms in total. The van der Waals surface area contributed by atoms with Gasteiger partial charge >= 0.3 is 29.8 Å². The molecule has 0 fully saturated rings. The first-order valence-corrected chi connectivity index (χ1v) is 10.6. The van der Waals surface area contributed by atoms with Crippen LogP contribution in [0.1, 0.15) is 66.7 Å². The first-order chi connectivity index (χ1) is 15.2. The van der Waals surface area contributed by atoms with Crippen LogP contribution in [0.3, 0.4) is 0 Å². The highest BCUT2D eigenvalue weighted by Gasteiger charge is 2.44. The summed E-state index contributed by atoms with van der Waals surface area (Å²) in [4.78, 5) is 71.4. The molecule has 0 spiro atoms. The lowest BCUT2D eigenvalue weighted by molar-refractivity contribution is -0.203. The highest BCUT2D eigenvalue weighted by molar-refractivity contribution is 5.74. The summed E-state index contributed by atoms with van der Waals surface area (Å²) in [6.45, 7) is 6.97. The molecule has 0 aromatic carbocycles. The maximum absolute atomic E-state index is 12.1. The molecule has 0 bridgehead atoms. The molecule has 32 heavy (non-hydrogen) atoms. The Morgan fingerprint density at radius 3 is 1.44 bits per heavy atom. The minimum atomic E-state index is -1.67. The van der Waals surface area contributed by atoms with E-state index in [2.05, 4.69) is 0 Å². The van der Waals surface area contributed by atoms with Crippen LogP contribution in [-0.4, -0.2) is 67.2 Å². The maximum Gasteiger partial charge on any atom is 0.306 e. The average molecular weight is 460 g/mol. The summed E-state index contributed by atoms with van der Waals surface area (Å²) in [6.07, 6.45) is -6.48. The fourth-order valence-corrected chi connectivity index (χ4v) is 2.28. The zero-order chi connectivity index (χ0) is 24.7. The molecule has 0 aliphatic rings. The molecule has 0 radical (unpaired) electrons. The molecule has 0 heterocycles. The van der Waals surface area contributed by atoms with E-state index in [0.29, 0.717) is 0 Å². The zero-order valence-electron chi connectivity index (χ0n) is 19.1. The third kappa shape index (κ3) is 10.4. The number of rotatable bonds is 15. The number of aldehydes is 1. The van der Waals surface area contributed by atoms with E-state index in [0.717, 1.165) is 0 Å². The first kappa shape index (κ1) is 29.0. The van der Waals surface area contributed by atoms with Crippen LogP contribution in [0.15, 0.2) is 0 Å². The standard InChI is InChI=1S/C21H32O11/c1-6-15(23)28-12-14(30-17(25)8-3)21(32-19(27)10-5)20(31-18(26)9-4)13(11-22)29-16(24)7-2/h11,13-14,20-21H,6-10,12H2,1-5H3/t13-,14+,20+,21-/m0/s1. The van der Waals surface area contributed by atoms with Gasteiger partial charge in [0.05, 0.1) is 0 Å². The van der Waals surface area contributed by atoms with Crippen molar-refractivity contribution in [1.82, 2.24) is 0 Å². The molecule has 0 N–H and O–H groups in total. The smallest absolute Gasteiger partial charge is 0.306 e. The van der Waals surface area contributed by atoms with Gasteiger partial charge in [-0.1, -0.05) is 34.6 Å². The van der Waals surface area contributed by atoms with E-state index < -0.39 is 60.9 Å². The van der Waals surface area contributed by atoms with Gasteiger partial charge in [0.1, 0.15) is 6.61 Å². The summed E-state index contributed by atoms with van der Waals surface area (Å²) < 4.78 is 26.0. The maximum atomic E-state index is 12.1. The van der Waals surface area contributed by atoms with Crippen LogP contribution in [0.25, 0.3) is 0 Å². The fourth-order valence-electron chi connectivity index (χ4n) is 2.28. The van der Waals surface area contributed by atoms with E-state index >= 15 is 0 Å². The van der Waals surface area contributed by atoms with Crippen LogP contribution in [0.2, 0.25) is 0 Å². The molecule has 0 aliphatic heterocycles. The van der Waals surface area contributed by atoms with Crippen LogP contribution in [0.4, 0.5) is 0 Å². The van der Waals surface area contributed by atoms with Crippen molar-refractivity contribution in [3.63, 3.8) is 0 Å². The quantitative estimate of drug-likeness (QED) is 0.198. The largest absolute Gasteiger partial charge is 0.462 e. The SMILES string of the molecule is CCC(=O)OC[C@@H](OC(=O)CC)[C@H](OC(=O)CC)[C@H](OC(=O)CC)[C@H](C=O)OC(=O)CC. The number of carbonyl (C=O) groups is 6. The summed E-state index contributed by atoms with van der Waals surface area (Å²) in [6, 6.07) is 0. The van der Waals surface area contributed by atoms with Gasteiger partial charge in [-0.15, -0.1) is 0 Å². The molecule has 0 amide bonds. The Morgan fingerprint density at radius 2 is 1.00 bits per heavy atom. The van der Waals surface area contributed by atoms with Crippen molar-refractivity contribution in [1.29, 1.82) is 0 Å². The number of carbonyl (C=O) groups excluding carboxylic acids is 6. The van der Waals surface area contributed by atoms with Crippen molar-refractivity contribution in [2.45, 2.75) is 91.1 Å². The van der Waals surface area contributed by atoms with E-state index in [1.165, 1.54) is 27.7 Å². The number of hydrogen-bond donors (Lipinski definition) is 0. The summed E-state index contributed by atoms with van der Waals surface area (Å²) >= 11 is 0. The fraction of sp³-hybridized carbons (Fsp3) is 0.714. The van der Waals surface area contributed by atoms with Crippen LogP contribution < -0.4 is 0 Å². The molecule has 0 rings (SSSR count). The Morgan fingerprint density at radius 1 is 0.594 bits per heavy atom. The molecule has 0 saturated heterocycles. The molecule has 0 aromatic rings.